The molecule has 0 heterocycles. The van der Waals surface area contributed by atoms with E-state index in [2.05, 4.69) is 5.32 Å². The minimum absolute atomic E-state index is 0.360. The number of carbonyl (C=O) groups excluding carboxylic acids is 1. The summed E-state index contributed by atoms with van der Waals surface area (Å²) in [6.07, 6.45) is 0. The second-order valence-electron chi connectivity index (χ2n) is 2.88. The molecule has 0 saturated heterocycles. The summed E-state index contributed by atoms with van der Waals surface area (Å²) in [6, 6.07) is 7.61. The number of nitrogens with one attached hydrogen (secondary N) is 1. The van der Waals surface area contributed by atoms with Gasteiger partial charge in [0, 0.05) is 6.92 Å². The van der Waals surface area contributed by atoms with Gasteiger partial charge in [0.05, 0.1) is 0 Å². The Kier molecular flexibility index (Phi) is 6.59. The van der Waals surface area contributed by atoms with E-state index in [9.17, 15) is 9.59 Å². The predicted octanol–water partition coefficient (Wildman–Crippen LogP) is 1.97. The van der Waals surface area contributed by atoms with Crippen molar-refractivity contribution in [1.29, 1.82) is 0 Å². The molecule has 1 amide bonds. The van der Waals surface area contributed by atoms with Crippen LogP contribution in [0.25, 0.3) is 0 Å². The summed E-state index contributed by atoms with van der Waals surface area (Å²) in [5.74, 6) is -1.42. The lowest BCUT2D eigenvalue weighted by Crippen LogP contribution is -2.31. The highest BCUT2D eigenvalue weighted by Crippen LogP contribution is 2.12. The van der Waals surface area contributed by atoms with Gasteiger partial charge in [0.2, 0.25) is 5.91 Å². The molecule has 88 valence electrons. The van der Waals surface area contributed by atoms with E-state index < -0.39 is 12.0 Å². The molecule has 2 N–H and O–H groups in total. The van der Waals surface area contributed by atoms with Gasteiger partial charge in [0.25, 0.3) is 0 Å². The van der Waals surface area contributed by atoms with Crippen molar-refractivity contribution in [3.05, 3.63) is 35.9 Å². The van der Waals surface area contributed by atoms with Crippen LogP contribution in [0.1, 0.15) is 32.4 Å². The standard InChI is InChI=1S/C10H11NO3.C2H6/c1-7(12)11-9(10(13)14)8-5-3-2-4-6-8;1-2/h2-6,9H,1H3,(H,11,12)(H,13,14);1-2H3. The molecule has 0 bridgehead atoms. The monoisotopic (exact) mass is 223 g/mol. The molecule has 4 nitrogen and oxygen atoms in total. The van der Waals surface area contributed by atoms with E-state index in [1.807, 2.05) is 13.8 Å². The number of carboxylic acids is 1. The van der Waals surface area contributed by atoms with Gasteiger partial charge in [-0.2, -0.15) is 0 Å². The quantitative estimate of drug-likeness (QED) is 0.823. The summed E-state index contributed by atoms with van der Waals surface area (Å²) in [5.41, 5.74) is 0.565. The van der Waals surface area contributed by atoms with Gasteiger partial charge in [-0.15, -0.1) is 0 Å². The van der Waals surface area contributed by atoms with Crippen LogP contribution >= 0.6 is 0 Å². The number of carboxylic acid groups (broad SMARTS) is 1. The van der Waals surface area contributed by atoms with Crippen LogP contribution in [0.4, 0.5) is 0 Å². The number of amides is 1. The van der Waals surface area contributed by atoms with E-state index in [1.165, 1.54) is 6.92 Å². The maximum absolute atomic E-state index is 10.8. The fourth-order valence-corrected chi connectivity index (χ4v) is 1.14. The minimum atomic E-state index is -1.06. The first-order valence-electron chi connectivity index (χ1n) is 5.16. The van der Waals surface area contributed by atoms with Gasteiger partial charge >= 0.3 is 5.97 Å². The maximum Gasteiger partial charge on any atom is 0.330 e. The van der Waals surface area contributed by atoms with Crippen molar-refractivity contribution < 1.29 is 14.7 Å². The first-order valence-corrected chi connectivity index (χ1v) is 5.16. The minimum Gasteiger partial charge on any atom is -0.479 e. The molecule has 1 aromatic carbocycles. The van der Waals surface area contributed by atoms with Crippen molar-refractivity contribution in [3.63, 3.8) is 0 Å². The lowest BCUT2D eigenvalue weighted by Gasteiger charge is -2.12. The lowest BCUT2D eigenvalue weighted by atomic mass is 10.1. The molecular weight excluding hydrogens is 206 g/mol. The van der Waals surface area contributed by atoms with Gasteiger partial charge in [-0.25, -0.2) is 4.79 Å². The predicted molar refractivity (Wildman–Crippen MR) is 62.0 cm³/mol. The Morgan fingerprint density at radius 1 is 1.19 bits per heavy atom. The normalized spacial score (nSPS) is 10.7. The second kappa shape index (κ2) is 7.45. The Bertz CT molecular complexity index is 335. The highest BCUT2D eigenvalue weighted by molar-refractivity contribution is 5.83. The Hall–Kier alpha value is -1.84. The smallest absolute Gasteiger partial charge is 0.330 e. The summed E-state index contributed by atoms with van der Waals surface area (Å²) in [4.78, 5) is 21.6. The molecule has 0 aliphatic carbocycles. The van der Waals surface area contributed by atoms with E-state index in [4.69, 9.17) is 5.11 Å². The van der Waals surface area contributed by atoms with Gasteiger partial charge in [0.15, 0.2) is 6.04 Å². The number of benzene rings is 1. The molecule has 0 fully saturated rings. The van der Waals surface area contributed by atoms with Crippen molar-refractivity contribution in [2.45, 2.75) is 26.8 Å². The summed E-state index contributed by atoms with van der Waals surface area (Å²) < 4.78 is 0. The fourth-order valence-electron chi connectivity index (χ4n) is 1.14. The molecule has 1 aromatic rings. The molecule has 1 unspecified atom stereocenters. The number of carbonyl (C=O) groups is 2. The molecule has 0 saturated carbocycles. The van der Waals surface area contributed by atoms with Crippen LogP contribution < -0.4 is 5.32 Å². The average molecular weight is 223 g/mol. The fraction of sp³-hybridized carbons (Fsp3) is 0.333. The molecular formula is C12H17NO3. The largest absolute Gasteiger partial charge is 0.479 e. The SMILES string of the molecule is CC.CC(=O)NC(C(=O)O)c1ccccc1. The second-order valence-corrected chi connectivity index (χ2v) is 2.88. The van der Waals surface area contributed by atoms with Crippen LogP contribution in [0, 0.1) is 0 Å². The molecule has 0 aliphatic heterocycles. The Labute approximate surface area is 95.3 Å². The average Bonchev–Trinajstić information content (AvgIpc) is 2.29. The number of hydrogen-bond acceptors (Lipinski definition) is 2. The first kappa shape index (κ1) is 14.2. The third-order valence-electron chi connectivity index (χ3n) is 1.73. The Morgan fingerprint density at radius 2 is 1.69 bits per heavy atom. The van der Waals surface area contributed by atoms with Crippen LogP contribution in [-0.4, -0.2) is 17.0 Å². The van der Waals surface area contributed by atoms with Crippen LogP contribution in [0.5, 0.6) is 0 Å². The van der Waals surface area contributed by atoms with Crippen molar-refractivity contribution >= 4 is 11.9 Å². The lowest BCUT2D eigenvalue weighted by molar-refractivity contribution is -0.141. The van der Waals surface area contributed by atoms with Crippen molar-refractivity contribution in [2.75, 3.05) is 0 Å². The van der Waals surface area contributed by atoms with Crippen LogP contribution in [-0.2, 0) is 9.59 Å². The highest BCUT2D eigenvalue weighted by Gasteiger charge is 2.19. The van der Waals surface area contributed by atoms with Gasteiger partial charge in [0.1, 0.15) is 0 Å². The van der Waals surface area contributed by atoms with E-state index in [1.54, 1.807) is 30.3 Å². The van der Waals surface area contributed by atoms with Crippen LogP contribution in [0.2, 0.25) is 0 Å². The summed E-state index contributed by atoms with van der Waals surface area (Å²) >= 11 is 0. The zero-order chi connectivity index (χ0) is 12.6. The molecule has 0 spiro atoms. The van der Waals surface area contributed by atoms with Crippen LogP contribution in [0.3, 0.4) is 0 Å². The highest BCUT2D eigenvalue weighted by atomic mass is 16.4. The van der Waals surface area contributed by atoms with E-state index >= 15 is 0 Å². The van der Waals surface area contributed by atoms with E-state index in [-0.39, 0.29) is 5.91 Å². The third kappa shape index (κ3) is 4.59. The Morgan fingerprint density at radius 3 is 2.06 bits per heavy atom. The number of rotatable bonds is 3. The van der Waals surface area contributed by atoms with E-state index in [0.717, 1.165) is 0 Å². The summed E-state index contributed by atoms with van der Waals surface area (Å²) in [6.45, 7) is 5.29. The topological polar surface area (TPSA) is 66.4 Å². The van der Waals surface area contributed by atoms with Crippen LogP contribution in [0.15, 0.2) is 30.3 Å². The van der Waals surface area contributed by atoms with Crippen molar-refractivity contribution in [1.82, 2.24) is 5.32 Å². The molecule has 16 heavy (non-hydrogen) atoms. The molecule has 1 atom stereocenters. The molecule has 0 radical (unpaired) electrons. The summed E-state index contributed by atoms with van der Waals surface area (Å²) in [7, 11) is 0. The number of aliphatic carboxylic acids is 1. The maximum atomic E-state index is 10.8. The zero-order valence-corrected chi connectivity index (χ0v) is 9.73. The van der Waals surface area contributed by atoms with Gasteiger partial charge in [-0.05, 0) is 5.56 Å². The van der Waals surface area contributed by atoms with Gasteiger partial charge in [-0.3, -0.25) is 4.79 Å². The van der Waals surface area contributed by atoms with Crippen molar-refractivity contribution in [3.8, 4) is 0 Å². The third-order valence-corrected chi connectivity index (χ3v) is 1.73. The summed E-state index contributed by atoms with van der Waals surface area (Å²) in [5, 5.41) is 11.2. The number of hydrogen-bond donors (Lipinski definition) is 2. The molecule has 0 aliphatic rings. The van der Waals surface area contributed by atoms with Gasteiger partial charge < -0.3 is 10.4 Å². The molecule has 4 heteroatoms. The molecule has 0 aromatic heterocycles. The van der Waals surface area contributed by atoms with Crippen molar-refractivity contribution in [2.24, 2.45) is 0 Å². The Balaban J connectivity index is 0.00000106. The van der Waals surface area contributed by atoms with E-state index in [0.29, 0.717) is 5.56 Å². The molecule has 1 rings (SSSR count). The zero-order valence-electron chi connectivity index (χ0n) is 9.73. The van der Waals surface area contributed by atoms with Gasteiger partial charge in [-0.1, -0.05) is 44.2 Å². The first-order chi connectivity index (χ1) is 7.61.